The molecule has 204 valence electrons. The van der Waals surface area contributed by atoms with Crippen LogP contribution in [0.1, 0.15) is 63.9 Å². The molecular weight excluding hydrogens is 462 g/mol. The van der Waals surface area contributed by atoms with Gasteiger partial charge in [0.1, 0.15) is 11.5 Å². The number of aryl methyl sites for hydroxylation is 1. The zero-order chi connectivity index (χ0) is 26.0. The van der Waals surface area contributed by atoms with Crippen molar-refractivity contribution in [3.63, 3.8) is 0 Å². The van der Waals surface area contributed by atoms with E-state index in [0.29, 0.717) is 31.0 Å². The van der Waals surface area contributed by atoms with E-state index in [0.717, 1.165) is 95.5 Å². The first-order valence-electron chi connectivity index (χ1n) is 14.5. The first kappa shape index (κ1) is 27.7. The molecule has 2 saturated heterocycles. The number of carbonyl (C=O) groups is 1. The summed E-state index contributed by atoms with van der Waals surface area (Å²) >= 11 is 0. The summed E-state index contributed by atoms with van der Waals surface area (Å²) in [7, 11) is 1.75. The largest absolute Gasteiger partial charge is 0.496 e. The van der Waals surface area contributed by atoms with Crippen molar-refractivity contribution in [3.8, 4) is 5.75 Å². The average molecular weight is 510 g/mol. The minimum absolute atomic E-state index is 0.269. The van der Waals surface area contributed by atoms with Crippen molar-refractivity contribution in [2.75, 3.05) is 46.4 Å². The predicted molar refractivity (Wildman–Crippen MR) is 149 cm³/mol. The first-order valence-corrected chi connectivity index (χ1v) is 14.5. The highest BCUT2D eigenvalue weighted by molar-refractivity contribution is 5.78. The molecule has 0 radical (unpaired) electrons. The zero-order valence-electron chi connectivity index (χ0n) is 23.0. The number of fused-ring (bicyclic) bond motifs is 1. The number of carbonyl (C=O) groups excluding carboxylic acids is 1. The van der Waals surface area contributed by atoms with Crippen LogP contribution in [-0.2, 0) is 16.0 Å². The molecule has 1 aliphatic carbocycles. The van der Waals surface area contributed by atoms with Crippen molar-refractivity contribution >= 4 is 5.91 Å². The van der Waals surface area contributed by atoms with E-state index in [9.17, 15) is 4.79 Å². The molecule has 3 aliphatic rings. The van der Waals surface area contributed by atoms with Crippen LogP contribution < -0.4 is 10.5 Å². The second-order valence-electron chi connectivity index (χ2n) is 10.9. The summed E-state index contributed by atoms with van der Waals surface area (Å²) in [6.45, 7) is 6.77. The molecule has 2 aliphatic heterocycles. The Hall–Kier alpha value is -2.31. The van der Waals surface area contributed by atoms with E-state index < -0.39 is 0 Å². The second-order valence-corrected chi connectivity index (χ2v) is 10.9. The number of likely N-dealkylation sites (tertiary alicyclic amines) is 1. The molecule has 2 heterocycles. The van der Waals surface area contributed by atoms with Gasteiger partial charge in [0.2, 0.25) is 5.91 Å². The molecule has 0 unspecified atom stereocenters. The van der Waals surface area contributed by atoms with Crippen LogP contribution in [-0.4, -0.2) is 68.2 Å². The normalized spacial score (nSPS) is 23.3. The number of nitrogens with zero attached hydrogens (tertiary/aromatic N) is 2. The van der Waals surface area contributed by atoms with Crippen LogP contribution in [0.5, 0.6) is 5.75 Å². The maximum atomic E-state index is 13.5. The second kappa shape index (κ2) is 14.0. The number of ether oxygens (including phenoxy) is 2. The summed E-state index contributed by atoms with van der Waals surface area (Å²) in [5.41, 5.74) is 8.44. The van der Waals surface area contributed by atoms with Gasteiger partial charge < -0.3 is 20.1 Å². The van der Waals surface area contributed by atoms with E-state index in [1.54, 1.807) is 7.11 Å². The Morgan fingerprint density at radius 3 is 2.86 bits per heavy atom. The van der Waals surface area contributed by atoms with Crippen LogP contribution in [0.4, 0.5) is 0 Å². The number of amides is 1. The molecule has 37 heavy (non-hydrogen) atoms. The molecule has 6 heteroatoms. The smallest absolute Gasteiger partial charge is 0.236 e. The van der Waals surface area contributed by atoms with Crippen LogP contribution in [0.15, 0.2) is 47.7 Å². The lowest BCUT2D eigenvalue weighted by Gasteiger charge is -2.29. The Kier molecular flexibility index (Phi) is 10.5. The van der Waals surface area contributed by atoms with Gasteiger partial charge in [0, 0.05) is 32.1 Å². The van der Waals surface area contributed by atoms with Gasteiger partial charge in [-0.3, -0.25) is 9.69 Å². The molecule has 0 aromatic heterocycles. The highest BCUT2D eigenvalue weighted by atomic mass is 16.5. The molecule has 0 bridgehead atoms. The average Bonchev–Trinajstić information content (AvgIpc) is 3.55. The summed E-state index contributed by atoms with van der Waals surface area (Å²) in [4.78, 5) is 18.0. The number of benzene rings is 1. The van der Waals surface area contributed by atoms with Crippen molar-refractivity contribution in [1.29, 1.82) is 0 Å². The van der Waals surface area contributed by atoms with Gasteiger partial charge in [-0.1, -0.05) is 37.6 Å². The van der Waals surface area contributed by atoms with Crippen molar-refractivity contribution in [2.24, 2.45) is 17.6 Å². The van der Waals surface area contributed by atoms with Crippen LogP contribution in [0, 0.1) is 11.8 Å². The Morgan fingerprint density at radius 2 is 2.05 bits per heavy atom. The van der Waals surface area contributed by atoms with E-state index in [2.05, 4.69) is 41.0 Å². The maximum Gasteiger partial charge on any atom is 0.236 e. The molecule has 1 amide bonds. The third-order valence-electron chi connectivity index (χ3n) is 8.38. The van der Waals surface area contributed by atoms with Crippen molar-refractivity contribution in [2.45, 2.75) is 70.8 Å². The fourth-order valence-electron chi connectivity index (χ4n) is 6.27. The third kappa shape index (κ3) is 7.38. The van der Waals surface area contributed by atoms with Gasteiger partial charge in [-0.05, 0) is 86.6 Å². The number of hydrogen-bond donors (Lipinski definition) is 1. The molecule has 6 nitrogen and oxygen atoms in total. The Morgan fingerprint density at radius 1 is 1.22 bits per heavy atom. The van der Waals surface area contributed by atoms with Crippen molar-refractivity contribution in [3.05, 3.63) is 53.3 Å². The molecule has 4 rings (SSSR count). The molecule has 3 atom stereocenters. The van der Waals surface area contributed by atoms with Crippen LogP contribution in [0.2, 0.25) is 0 Å². The number of allylic oxidation sites excluding steroid dienone is 3. The van der Waals surface area contributed by atoms with Crippen LogP contribution >= 0.6 is 0 Å². The SMILES string of the molecule is CCCCN(CCCN)C(=O)CN1C[C@H]([C@H]2C=C3CCOC3=CC2)C[C@@H]1CCCc1ccccc1OC. The highest BCUT2D eigenvalue weighted by Gasteiger charge is 2.38. The Balaban J connectivity index is 1.41. The van der Waals surface area contributed by atoms with E-state index in [1.807, 2.05) is 12.1 Å². The molecule has 0 saturated carbocycles. The lowest BCUT2D eigenvalue weighted by atomic mass is 9.82. The number of rotatable bonds is 14. The van der Waals surface area contributed by atoms with Gasteiger partial charge >= 0.3 is 0 Å². The summed E-state index contributed by atoms with van der Waals surface area (Å²) < 4.78 is 11.4. The highest BCUT2D eigenvalue weighted by Crippen LogP contribution is 2.39. The third-order valence-corrected chi connectivity index (χ3v) is 8.38. The summed E-state index contributed by atoms with van der Waals surface area (Å²) in [5.74, 6) is 3.49. The molecular formula is C31H47N3O3. The quantitative estimate of drug-likeness (QED) is 0.385. The van der Waals surface area contributed by atoms with E-state index in [4.69, 9.17) is 15.2 Å². The number of methoxy groups -OCH3 is 1. The van der Waals surface area contributed by atoms with Gasteiger partial charge in [-0.15, -0.1) is 0 Å². The number of nitrogens with two attached hydrogens (primary N) is 1. The predicted octanol–water partition coefficient (Wildman–Crippen LogP) is 4.94. The van der Waals surface area contributed by atoms with Crippen molar-refractivity contribution < 1.29 is 14.3 Å². The van der Waals surface area contributed by atoms with Crippen LogP contribution in [0.25, 0.3) is 0 Å². The fourth-order valence-corrected chi connectivity index (χ4v) is 6.27. The van der Waals surface area contributed by atoms with Crippen LogP contribution in [0.3, 0.4) is 0 Å². The summed E-state index contributed by atoms with van der Waals surface area (Å²) in [6, 6.07) is 8.77. The Bertz CT molecular complexity index is 935. The maximum absolute atomic E-state index is 13.5. The summed E-state index contributed by atoms with van der Waals surface area (Å²) in [6.07, 6.45) is 14.3. The van der Waals surface area contributed by atoms with E-state index >= 15 is 0 Å². The van der Waals surface area contributed by atoms with Gasteiger partial charge in [-0.2, -0.15) is 0 Å². The van der Waals surface area contributed by atoms with Gasteiger partial charge in [0.15, 0.2) is 0 Å². The Labute approximate surface area is 223 Å². The zero-order valence-corrected chi connectivity index (χ0v) is 23.0. The molecule has 2 fully saturated rings. The number of para-hydroxylation sites is 1. The number of hydrogen-bond acceptors (Lipinski definition) is 5. The molecule has 1 aromatic carbocycles. The van der Waals surface area contributed by atoms with E-state index in [1.165, 1.54) is 11.1 Å². The van der Waals surface area contributed by atoms with Gasteiger partial charge in [0.25, 0.3) is 0 Å². The van der Waals surface area contributed by atoms with Crippen molar-refractivity contribution in [1.82, 2.24) is 9.80 Å². The molecule has 1 aromatic rings. The molecule has 2 N–H and O–H groups in total. The lowest BCUT2D eigenvalue weighted by Crippen LogP contribution is -2.43. The first-order chi connectivity index (χ1) is 18.1. The lowest BCUT2D eigenvalue weighted by molar-refractivity contribution is -0.132. The standard InChI is InChI=1S/C31H47N3O3/c1-3-4-17-33(18-8-16-32)31(35)23-34-22-27(25-13-14-30-26(20-25)15-19-37-30)21-28(34)11-7-10-24-9-5-6-12-29(24)36-2/h5-6,9,12,14,20,25,27-28H,3-4,7-8,10-11,13,15-19,21-23,32H2,1-2H3/t25-,27-,28+/m1/s1. The van der Waals surface area contributed by atoms with E-state index in [-0.39, 0.29) is 5.91 Å². The van der Waals surface area contributed by atoms with Gasteiger partial charge in [0.05, 0.1) is 20.3 Å². The minimum atomic E-state index is 0.269. The monoisotopic (exact) mass is 509 g/mol. The minimum Gasteiger partial charge on any atom is -0.496 e. The molecule has 0 spiro atoms. The summed E-state index contributed by atoms with van der Waals surface area (Å²) in [5, 5.41) is 0. The topological polar surface area (TPSA) is 68.0 Å². The van der Waals surface area contributed by atoms with Gasteiger partial charge in [-0.25, -0.2) is 0 Å². The number of unbranched alkanes of at least 4 members (excludes halogenated alkanes) is 1. The fraction of sp³-hybridized carbons (Fsp3) is 0.645.